The van der Waals surface area contributed by atoms with E-state index in [1.54, 1.807) is 0 Å². The smallest absolute Gasteiger partial charge is 0.123 e. The Morgan fingerprint density at radius 3 is 1.91 bits per heavy atom. The molecule has 0 fully saturated rings. The Morgan fingerprint density at radius 1 is 1.18 bits per heavy atom. The van der Waals surface area contributed by atoms with E-state index >= 15 is 0 Å². The minimum absolute atomic E-state index is 0.0184. The SMILES string of the molecule is CC(Cl)CC(Cl)CC(Cl)(Cl)Cl. The van der Waals surface area contributed by atoms with Crippen molar-refractivity contribution in [1.29, 1.82) is 0 Å². The number of hydrogen-bond acceptors (Lipinski definition) is 0. The van der Waals surface area contributed by atoms with Gasteiger partial charge in [-0.2, -0.15) is 0 Å². The van der Waals surface area contributed by atoms with Gasteiger partial charge in [-0.1, -0.05) is 34.8 Å². The maximum absolute atomic E-state index is 5.82. The van der Waals surface area contributed by atoms with Gasteiger partial charge in [0.05, 0.1) is 0 Å². The standard InChI is InChI=1S/C6H9Cl5/c1-4(7)2-5(8)3-6(9,10)11/h4-5H,2-3H2,1H3. The summed E-state index contributed by atoms with van der Waals surface area (Å²) >= 11 is 28.1. The van der Waals surface area contributed by atoms with Crippen LogP contribution in [0.4, 0.5) is 0 Å². The van der Waals surface area contributed by atoms with Gasteiger partial charge in [0, 0.05) is 17.2 Å². The highest BCUT2D eigenvalue weighted by atomic mass is 35.6. The van der Waals surface area contributed by atoms with Crippen molar-refractivity contribution in [2.24, 2.45) is 0 Å². The Kier molecular flexibility index (Phi) is 5.93. The zero-order valence-electron chi connectivity index (χ0n) is 5.96. The molecule has 0 aliphatic heterocycles. The fourth-order valence-electron chi connectivity index (χ4n) is 0.687. The third-order valence-electron chi connectivity index (χ3n) is 1.03. The first-order valence-electron chi connectivity index (χ1n) is 3.16. The summed E-state index contributed by atoms with van der Waals surface area (Å²) in [6.07, 6.45) is 0.979. The van der Waals surface area contributed by atoms with Crippen LogP contribution in [0, 0.1) is 0 Å². The molecule has 0 aromatic heterocycles. The Labute approximate surface area is 92.1 Å². The molecule has 0 nitrogen and oxygen atoms in total. The van der Waals surface area contributed by atoms with E-state index in [1.165, 1.54) is 0 Å². The lowest BCUT2D eigenvalue weighted by molar-refractivity contribution is 0.691. The van der Waals surface area contributed by atoms with Crippen molar-refractivity contribution in [2.75, 3.05) is 0 Å². The van der Waals surface area contributed by atoms with Crippen LogP contribution < -0.4 is 0 Å². The molecule has 0 aliphatic carbocycles. The average molecular weight is 258 g/mol. The third kappa shape index (κ3) is 9.36. The molecule has 0 heterocycles. The first-order valence-corrected chi connectivity index (χ1v) is 5.17. The molecule has 0 amide bonds. The van der Waals surface area contributed by atoms with E-state index in [2.05, 4.69) is 0 Å². The molecule has 0 aromatic carbocycles. The summed E-state index contributed by atoms with van der Waals surface area (Å²) < 4.78 is -1.27. The van der Waals surface area contributed by atoms with Crippen molar-refractivity contribution in [3.05, 3.63) is 0 Å². The van der Waals surface area contributed by atoms with Crippen LogP contribution >= 0.6 is 58.0 Å². The van der Waals surface area contributed by atoms with Crippen molar-refractivity contribution >= 4 is 58.0 Å². The second-order valence-corrected chi connectivity index (χ2v) is 6.31. The van der Waals surface area contributed by atoms with Crippen molar-refractivity contribution in [1.82, 2.24) is 0 Å². The molecule has 0 saturated carbocycles. The van der Waals surface area contributed by atoms with Gasteiger partial charge in [-0.3, -0.25) is 0 Å². The quantitative estimate of drug-likeness (QED) is 0.659. The molecular formula is C6H9Cl5. The van der Waals surface area contributed by atoms with Crippen LogP contribution in [0.2, 0.25) is 0 Å². The van der Waals surface area contributed by atoms with Crippen molar-refractivity contribution < 1.29 is 0 Å². The Bertz CT molecular complexity index is 106. The maximum Gasteiger partial charge on any atom is 0.192 e. The van der Waals surface area contributed by atoms with Gasteiger partial charge >= 0.3 is 0 Å². The number of hydrogen-bond donors (Lipinski definition) is 0. The van der Waals surface area contributed by atoms with Crippen molar-refractivity contribution in [3.8, 4) is 0 Å². The van der Waals surface area contributed by atoms with Crippen LogP contribution in [0.25, 0.3) is 0 Å². The Hall–Kier alpha value is 1.45. The molecule has 0 N–H and O–H groups in total. The molecule has 0 bridgehead atoms. The molecule has 2 atom stereocenters. The molecule has 5 heteroatoms. The summed E-state index contributed by atoms with van der Waals surface area (Å²) in [6.45, 7) is 1.86. The lowest BCUT2D eigenvalue weighted by Gasteiger charge is -2.15. The summed E-state index contributed by atoms with van der Waals surface area (Å²) in [4.78, 5) is 0. The molecule has 0 saturated heterocycles. The lowest BCUT2D eigenvalue weighted by atomic mass is 10.2. The highest BCUT2D eigenvalue weighted by Gasteiger charge is 2.24. The zero-order valence-corrected chi connectivity index (χ0v) is 9.74. The van der Waals surface area contributed by atoms with Crippen LogP contribution in [0.5, 0.6) is 0 Å². The van der Waals surface area contributed by atoms with E-state index < -0.39 is 3.79 Å². The molecule has 68 valence electrons. The van der Waals surface area contributed by atoms with E-state index in [0.717, 1.165) is 0 Å². The Morgan fingerprint density at radius 2 is 1.64 bits per heavy atom. The second-order valence-electron chi connectivity index (χ2n) is 2.43. The van der Waals surface area contributed by atoms with Gasteiger partial charge in [-0.05, 0) is 13.3 Å². The van der Waals surface area contributed by atoms with Crippen LogP contribution in [-0.4, -0.2) is 14.5 Å². The van der Waals surface area contributed by atoms with Gasteiger partial charge in [-0.15, -0.1) is 23.2 Å². The highest BCUT2D eigenvalue weighted by Crippen LogP contribution is 2.34. The van der Waals surface area contributed by atoms with Crippen molar-refractivity contribution in [2.45, 2.75) is 34.3 Å². The van der Waals surface area contributed by atoms with E-state index in [-0.39, 0.29) is 10.8 Å². The summed E-state index contributed by atoms with van der Waals surface area (Å²) in [5.74, 6) is 0. The highest BCUT2D eigenvalue weighted by molar-refractivity contribution is 6.67. The minimum atomic E-state index is -1.27. The molecule has 0 aliphatic rings. The predicted molar refractivity (Wildman–Crippen MR) is 54.5 cm³/mol. The number of rotatable bonds is 3. The topological polar surface area (TPSA) is 0 Å². The molecular weight excluding hydrogens is 249 g/mol. The number of alkyl halides is 5. The van der Waals surface area contributed by atoms with Crippen LogP contribution in [0.15, 0.2) is 0 Å². The average Bonchev–Trinajstić information content (AvgIpc) is 1.53. The fraction of sp³-hybridized carbons (Fsp3) is 1.00. The summed E-state index contributed by atoms with van der Waals surface area (Å²) in [7, 11) is 0. The third-order valence-corrected chi connectivity index (χ3v) is 2.01. The van der Waals surface area contributed by atoms with Gasteiger partial charge < -0.3 is 0 Å². The summed E-state index contributed by atoms with van der Waals surface area (Å²) in [5.41, 5.74) is 0. The molecule has 0 radical (unpaired) electrons. The monoisotopic (exact) mass is 256 g/mol. The minimum Gasteiger partial charge on any atom is -0.123 e. The maximum atomic E-state index is 5.82. The van der Waals surface area contributed by atoms with Gasteiger partial charge in [0.25, 0.3) is 0 Å². The fourth-order valence-corrected chi connectivity index (χ4v) is 2.29. The lowest BCUT2D eigenvalue weighted by Crippen LogP contribution is -2.14. The van der Waals surface area contributed by atoms with E-state index in [9.17, 15) is 0 Å². The zero-order chi connectivity index (χ0) is 9.07. The molecule has 0 rings (SSSR count). The van der Waals surface area contributed by atoms with Crippen molar-refractivity contribution in [3.63, 3.8) is 0 Å². The number of halogens is 5. The first-order chi connectivity index (χ1) is 4.81. The van der Waals surface area contributed by atoms with E-state index in [1.807, 2.05) is 6.92 Å². The van der Waals surface area contributed by atoms with E-state index in [4.69, 9.17) is 58.0 Å². The first kappa shape index (κ1) is 12.4. The van der Waals surface area contributed by atoms with Gasteiger partial charge in [0.2, 0.25) is 0 Å². The normalized spacial score (nSPS) is 18.0. The molecule has 11 heavy (non-hydrogen) atoms. The predicted octanol–water partition coefficient (Wildman–Crippen LogP) is 4.37. The van der Waals surface area contributed by atoms with Crippen LogP contribution in [0.3, 0.4) is 0 Å². The molecule has 2 unspecified atom stereocenters. The van der Waals surface area contributed by atoms with E-state index in [0.29, 0.717) is 12.8 Å². The van der Waals surface area contributed by atoms with Gasteiger partial charge in [0.15, 0.2) is 3.79 Å². The van der Waals surface area contributed by atoms with Gasteiger partial charge in [0.1, 0.15) is 0 Å². The second kappa shape index (κ2) is 5.24. The van der Waals surface area contributed by atoms with Gasteiger partial charge in [-0.25, -0.2) is 0 Å². The van der Waals surface area contributed by atoms with Crippen LogP contribution in [-0.2, 0) is 0 Å². The Balaban J connectivity index is 3.61. The molecule has 0 spiro atoms. The summed E-state index contributed by atoms with van der Waals surface area (Å²) in [6, 6.07) is 0. The molecule has 0 aromatic rings. The van der Waals surface area contributed by atoms with Crippen LogP contribution in [0.1, 0.15) is 19.8 Å². The summed E-state index contributed by atoms with van der Waals surface area (Å²) in [5, 5.41) is -0.153. The largest absolute Gasteiger partial charge is 0.192 e.